The van der Waals surface area contributed by atoms with Gasteiger partial charge in [-0.25, -0.2) is 4.79 Å². The number of epoxide rings is 2. The molecule has 12 heteroatoms. The van der Waals surface area contributed by atoms with E-state index in [1.165, 1.54) is 6.08 Å². The van der Waals surface area contributed by atoms with Crippen LogP contribution in [0.2, 0.25) is 0 Å². The molecule has 6 atom stereocenters. The molecule has 0 unspecified atom stereocenters. The van der Waals surface area contributed by atoms with Crippen LogP contribution in [0.5, 0.6) is 0 Å². The van der Waals surface area contributed by atoms with E-state index in [0.717, 1.165) is 6.08 Å². The SMILES string of the molecule is C/C=C/C(=O)O.C/C=C/CO.CC(C)[C@H](O)CO.CNC[C@@H](O)C(C)C.C[C@H]1O[C@@H]1CO.C[C@H]1O[C@@H]1CO.[CH3-].[Y]. The van der Waals surface area contributed by atoms with Crippen LogP contribution in [0, 0.1) is 19.3 Å². The minimum atomic E-state index is -0.891. The second kappa shape index (κ2) is 36.7. The molecule has 2 aliphatic rings. The Labute approximate surface area is 268 Å². The van der Waals surface area contributed by atoms with Crippen molar-refractivity contribution < 1.29 is 82.7 Å². The van der Waals surface area contributed by atoms with Crippen molar-refractivity contribution in [2.75, 3.05) is 40.0 Å². The Morgan fingerprint density at radius 3 is 1.25 bits per heavy atom. The van der Waals surface area contributed by atoms with Gasteiger partial charge in [-0.15, -0.1) is 0 Å². The zero-order chi connectivity index (χ0) is 30.7. The van der Waals surface area contributed by atoms with Gasteiger partial charge in [0.25, 0.3) is 0 Å². The summed E-state index contributed by atoms with van der Waals surface area (Å²) in [5, 5.41) is 61.2. The number of aliphatic carboxylic acids is 1. The van der Waals surface area contributed by atoms with Gasteiger partial charge in [-0.3, -0.25) is 0 Å². The first-order valence-electron chi connectivity index (χ1n) is 13.0. The molecule has 2 heterocycles. The number of ether oxygens (including phenoxy) is 2. The predicted octanol–water partition coefficient (Wildman–Crippen LogP) is 1.40. The number of carboxylic acids is 1. The topological polar surface area (TPSA) is 196 Å². The summed E-state index contributed by atoms with van der Waals surface area (Å²) in [6, 6.07) is 0. The molecule has 11 nitrogen and oxygen atoms in total. The summed E-state index contributed by atoms with van der Waals surface area (Å²) in [6.07, 6.45) is 6.25. The Kier molecular flexibility index (Phi) is 48.1. The van der Waals surface area contributed by atoms with Crippen LogP contribution < -0.4 is 5.32 Å². The molecule has 0 aromatic heterocycles. The zero-order valence-corrected chi connectivity index (χ0v) is 29.2. The number of likely N-dealkylation sites (N-methyl/N-ethyl adjacent to an activating group) is 1. The van der Waals surface area contributed by atoms with Crippen LogP contribution in [0.1, 0.15) is 55.4 Å². The van der Waals surface area contributed by atoms with Gasteiger partial charge in [0.15, 0.2) is 0 Å². The Morgan fingerprint density at radius 1 is 0.850 bits per heavy atom. The molecule has 0 amide bonds. The summed E-state index contributed by atoms with van der Waals surface area (Å²) < 4.78 is 9.63. The number of carboxylic acid groups (broad SMARTS) is 1. The fourth-order valence-electron chi connectivity index (χ4n) is 1.75. The van der Waals surface area contributed by atoms with E-state index in [1.807, 2.05) is 55.5 Å². The van der Waals surface area contributed by atoms with E-state index in [0.29, 0.717) is 24.7 Å². The van der Waals surface area contributed by atoms with Crippen molar-refractivity contribution in [3.8, 4) is 0 Å². The first kappa shape index (κ1) is 52.3. The van der Waals surface area contributed by atoms with Crippen LogP contribution >= 0.6 is 0 Å². The van der Waals surface area contributed by atoms with Crippen LogP contribution in [-0.2, 0) is 47.0 Å². The third-order valence-corrected chi connectivity index (χ3v) is 4.82. The van der Waals surface area contributed by atoms with Crippen LogP contribution in [-0.4, -0.2) is 118 Å². The van der Waals surface area contributed by atoms with Gasteiger partial charge in [-0.2, -0.15) is 0 Å². The molecule has 2 rings (SSSR count). The van der Waals surface area contributed by atoms with E-state index in [2.05, 4.69) is 5.32 Å². The van der Waals surface area contributed by atoms with E-state index in [9.17, 15) is 4.79 Å². The van der Waals surface area contributed by atoms with Gasteiger partial charge in [-0.05, 0) is 46.6 Å². The average Bonchev–Trinajstić information content (AvgIpc) is 3.78. The average molecular weight is 660 g/mol. The molecule has 1 radical (unpaired) electrons. The first-order chi connectivity index (χ1) is 17.7. The Hall–Kier alpha value is -0.306. The standard InChI is InChI=1S/C6H15NO.C5H12O2.2C4H8O2.C4H6O2.C4H8O.CH3.Y/c1-5(2)6(8)4-7-3;1-4(2)5(7)3-6;2*1-3-4(2-5)6-3;1-2-3-4(5)6;1-2-3-4-5;;/h5-8H,4H2,1-3H3;4-7H,3H2,1-2H3;2*3-5H,2H2,1H3;2-3H,1H3,(H,5,6);2-3,5H,4H2,1H3;1H3;/q;;;;;;-1;/b;;;;2*3-2+;;/t6-;5-;2*3-,4-;;;;/m1111..../s1. The van der Waals surface area contributed by atoms with E-state index in [1.54, 1.807) is 19.1 Å². The maximum absolute atomic E-state index is 9.51. The fraction of sp³-hybridized carbons (Fsp3) is 0.786. The van der Waals surface area contributed by atoms with E-state index in [-0.39, 0.29) is 90.8 Å². The maximum Gasteiger partial charge on any atom is 0.327 e. The predicted molar refractivity (Wildman–Crippen MR) is 156 cm³/mol. The molecule has 0 aromatic carbocycles. The molecule has 2 aliphatic heterocycles. The normalized spacial score (nSPS) is 21.1. The number of hydrogen-bond acceptors (Lipinski definition) is 10. The van der Waals surface area contributed by atoms with Gasteiger partial charge < -0.3 is 58.0 Å². The summed E-state index contributed by atoms with van der Waals surface area (Å²) in [4.78, 5) is 9.51. The monoisotopic (exact) mass is 659 g/mol. The van der Waals surface area contributed by atoms with Gasteiger partial charge in [0.05, 0.1) is 50.8 Å². The molecule has 40 heavy (non-hydrogen) atoms. The molecular weight excluding hydrogens is 599 g/mol. The minimum absolute atomic E-state index is 0. The van der Waals surface area contributed by atoms with Gasteiger partial charge in [-0.1, -0.05) is 45.9 Å². The van der Waals surface area contributed by atoms with E-state index < -0.39 is 12.1 Å². The smallest absolute Gasteiger partial charge is 0.327 e. The van der Waals surface area contributed by atoms with Crippen molar-refractivity contribution in [2.24, 2.45) is 11.8 Å². The second-order valence-corrected chi connectivity index (χ2v) is 9.08. The van der Waals surface area contributed by atoms with Crippen LogP contribution in [0.15, 0.2) is 24.3 Å². The van der Waals surface area contributed by atoms with Gasteiger partial charge in [0.1, 0.15) is 12.2 Å². The molecular formula is C28H60NO10Y-. The first-order valence-corrected chi connectivity index (χ1v) is 13.0. The molecule has 0 saturated carbocycles. The van der Waals surface area contributed by atoms with Crippen molar-refractivity contribution in [3.63, 3.8) is 0 Å². The van der Waals surface area contributed by atoms with Crippen molar-refractivity contribution in [3.05, 3.63) is 31.7 Å². The van der Waals surface area contributed by atoms with Crippen molar-refractivity contribution in [1.29, 1.82) is 0 Å². The summed E-state index contributed by atoms with van der Waals surface area (Å²) in [5.41, 5.74) is 0. The number of aliphatic hydroxyl groups excluding tert-OH is 6. The Balaban J connectivity index is -0.0000000863. The molecule has 0 spiro atoms. The zero-order valence-electron chi connectivity index (χ0n) is 26.4. The number of carbonyl (C=O) groups is 1. The fourth-order valence-corrected chi connectivity index (χ4v) is 1.75. The molecule has 0 aliphatic carbocycles. The van der Waals surface area contributed by atoms with Crippen LogP contribution in [0.4, 0.5) is 0 Å². The molecule has 0 bridgehead atoms. The molecule has 8 N–H and O–H groups in total. The van der Waals surface area contributed by atoms with Gasteiger partial charge in [0.2, 0.25) is 0 Å². The van der Waals surface area contributed by atoms with Crippen LogP contribution in [0.25, 0.3) is 0 Å². The summed E-state index contributed by atoms with van der Waals surface area (Å²) >= 11 is 0. The largest absolute Gasteiger partial charge is 0.478 e. The quantitative estimate of drug-likeness (QED) is 0.0772. The van der Waals surface area contributed by atoms with Gasteiger partial charge >= 0.3 is 5.97 Å². The van der Waals surface area contributed by atoms with Crippen LogP contribution in [0.3, 0.4) is 0 Å². The third-order valence-electron chi connectivity index (χ3n) is 4.82. The molecule has 2 fully saturated rings. The van der Waals surface area contributed by atoms with Crippen molar-refractivity contribution >= 4 is 5.97 Å². The molecule has 241 valence electrons. The molecule has 0 aromatic rings. The number of rotatable bonds is 9. The summed E-state index contributed by atoms with van der Waals surface area (Å²) in [5.74, 6) is -0.357. The number of hydrogen-bond donors (Lipinski definition) is 8. The number of allylic oxidation sites excluding steroid dienone is 2. The Morgan fingerprint density at radius 2 is 1.23 bits per heavy atom. The van der Waals surface area contributed by atoms with Gasteiger partial charge in [0, 0.05) is 45.3 Å². The Bertz CT molecular complexity index is 545. The second-order valence-electron chi connectivity index (χ2n) is 9.08. The van der Waals surface area contributed by atoms with Crippen molar-refractivity contribution in [1.82, 2.24) is 5.32 Å². The number of nitrogens with one attached hydrogen (secondary N) is 1. The summed E-state index contributed by atoms with van der Waals surface area (Å²) in [6.45, 7) is 16.2. The van der Waals surface area contributed by atoms with Crippen molar-refractivity contribution in [2.45, 2.75) is 92.0 Å². The minimum Gasteiger partial charge on any atom is -0.478 e. The third kappa shape index (κ3) is 44.7. The number of aliphatic hydroxyl groups is 6. The maximum atomic E-state index is 9.51. The van der Waals surface area contributed by atoms with E-state index >= 15 is 0 Å². The van der Waals surface area contributed by atoms with E-state index in [4.69, 9.17) is 45.2 Å². The summed E-state index contributed by atoms with van der Waals surface area (Å²) in [7, 11) is 1.84. The molecule has 2 saturated heterocycles.